The summed E-state index contributed by atoms with van der Waals surface area (Å²) >= 11 is 27.6. The van der Waals surface area contributed by atoms with E-state index < -0.39 is 0 Å². The van der Waals surface area contributed by atoms with Crippen molar-refractivity contribution in [2.75, 3.05) is 0 Å². The second-order valence-electron chi connectivity index (χ2n) is 36.7. The van der Waals surface area contributed by atoms with Crippen LogP contribution in [0.15, 0.2) is 66.4 Å². The van der Waals surface area contributed by atoms with Gasteiger partial charge in [-0.2, -0.15) is 5.26 Å². The van der Waals surface area contributed by atoms with Gasteiger partial charge in [-0.3, -0.25) is 0 Å². The molecule has 0 spiro atoms. The molecule has 0 fully saturated rings. The molecular weight excluding hydrogens is 1770 g/mol. The van der Waals surface area contributed by atoms with Crippen molar-refractivity contribution in [3.8, 4) is 25.8 Å². The Bertz CT molecular complexity index is 3500. The molecule has 0 saturated heterocycles. The first-order valence-corrected chi connectivity index (χ1v) is 61.0. The number of aryl methyl sites for hydroxylation is 7. The maximum Gasteiger partial charge on any atom is 0.135 e. The van der Waals surface area contributed by atoms with E-state index in [1.807, 2.05) is 39.4 Å². The topological polar surface area (TPSA) is 75.6 Å². The van der Waals surface area contributed by atoms with E-state index in [2.05, 4.69) is 128 Å². The van der Waals surface area contributed by atoms with E-state index in [1.54, 1.807) is 45.3 Å². The molecule has 0 atom stereocenters. The van der Waals surface area contributed by atoms with Crippen molar-refractivity contribution >= 4 is 124 Å². The first kappa shape index (κ1) is 118. The summed E-state index contributed by atoms with van der Waals surface area (Å²) in [6.07, 6.45) is 106. The first-order chi connectivity index (χ1) is 62.1. The number of thiocarbonyl (C=S) groups is 1. The third kappa shape index (κ3) is 64.0. The highest BCUT2D eigenvalue weighted by molar-refractivity contribution is 9.11. The van der Waals surface area contributed by atoms with Gasteiger partial charge in [-0.25, -0.2) is 9.97 Å². The maximum absolute atomic E-state index is 8.93. The van der Waals surface area contributed by atoms with Gasteiger partial charge in [0.15, 0.2) is 0 Å². The van der Waals surface area contributed by atoms with Crippen LogP contribution in [0.5, 0.6) is 0 Å². The van der Waals surface area contributed by atoms with Crippen LogP contribution in [-0.4, -0.2) is 15.0 Å². The quantitative estimate of drug-likeness (QED) is 0.0304. The van der Waals surface area contributed by atoms with Crippen LogP contribution in [0.25, 0.3) is 19.8 Å². The van der Waals surface area contributed by atoms with Crippen molar-refractivity contribution in [1.82, 2.24) is 9.97 Å². The molecule has 0 aliphatic carbocycles. The van der Waals surface area contributed by atoms with Gasteiger partial charge >= 0.3 is 0 Å². The Morgan fingerprint density at radius 3 is 0.905 bits per heavy atom. The Kier molecular flexibility index (Phi) is 82.7. The molecule has 0 bridgehead atoms. The van der Waals surface area contributed by atoms with E-state index in [1.165, 1.54) is 521 Å². The number of hydrogen-bond acceptors (Lipinski definition) is 11. The summed E-state index contributed by atoms with van der Waals surface area (Å²) in [5.74, 6) is 0. The summed E-state index contributed by atoms with van der Waals surface area (Å²) in [6, 6.07) is 13.5. The number of nitrogens with zero attached hydrogens (tertiary/aromatic N) is 3. The van der Waals surface area contributed by atoms with Gasteiger partial charge in [0, 0.05) is 5.38 Å². The lowest BCUT2D eigenvalue weighted by Gasteiger charge is -2.04. The Morgan fingerprint density at radius 2 is 0.571 bits per heavy atom. The molecular formula is C112H188BrClN4S8. The van der Waals surface area contributed by atoms with Gasteiger partial charge in [-0.1, -0.05) is 477 Å². The number of nitriles is 1. The van der Waals surface area contributed by atoms with E-state index in [0.29, 0.717) is 4.99 Å². The van der Waals surface area contributed by atoms with Crippen molar-refractivity contribution in [1.29, 1.82) is 5.26 Å². The maximum atomic E-state index is 8.93. The fourth-order valence-electron chi connectivity index (χ4n) is 17.0. The minimum absolute atomic E-state index is 0.557. The number of hydrogen-bond donors (Lipinski definition) is 1. The molecule has 14 heteroatoms. The van der Waals surface area contributed by atoms with Crippen LogP contribution in [0, 0.1) is 11.3 Å². The summed E-state index contributed by atoms with van der Waals surface area (Å²) in [5, 5.41) is 24.5. The third-order valence-electron chi connectivity index (χ3n) is 25.1. The average Bonchev–Trinajstić information content (AvgIpc) is 1.67. The lowest BCUT2D eigenvalue weighted by Crippen LogP contribution is -2.09. The number of thiazole rings is 2. The van der Waals surface area contributed by atoms with Crippen molar-refractivity contribution in [2.24, 2.45) is 5.73 Å². The summed E-state index contributed by atoms with van der Waals surface area (Å²) < 4.78 is 2.24. The van der Waals surface area contributed by atoms with Crippen LogP contribution in [-0.2, 0) is 44.9 Å². The lowest BCUT2D eigenvalue weighted by atomic mass is 10.0. The highest BCUT2D eigenvalue weighted by Crippen LogP contribution is 2.39. The SMILES string of the molecule is CCCCCCCCCCCCc1ccsc1-c1nc(CCCCCCCCCCCC)c(Cl)s1.CCCCCCCCCCCCc1ccsc1Br.CCCCCCCCCCCCc1ccsc1C#N.CCCCCCCCCCCCc1ccsc1C(N)=S.CCCCCCCCCCCCc1csc(-c2sccc2CCCCCCCCCCCC)n1. The summed E-state index contributed by atoms with van der Waals surface area (Å²) in [4.78, 5) is 15.4. The molecule has 0 saturated carbocycles. The van der Waals surface area contributed by atoms with Gasteiger partial charge < -0.3 is 5.73 Å². The normalized spacial score (nSPS) is 11.2. The number of thiophene rings is 5. The van der Waals surface area contributed by atoms with Gasteiger partial charge in [-0.15, -0.1) is 79.4 Å². The van der Waals surface area contributed by atoms with Crippen molar-refractivity contribution in [3.05, 3.63) is 120 Å². The Morgan fingerprint density at radius 1 is 0.310 bits per heavy atom. The van der Waals surface area contributed by atoms with Gasteiger partial charge in [0.2, 0.25) is 0 Å². The second kappa shape index (κ2) is 88.2. The summed E-state index contributed by atoms with van der Waals surface area (Å²) in [7, 11) is 0. The zero-order valence-electron chi connectivity index (χ0n) is 82.2. The molecule has 7 rings (SSSR count). The molecule has 0 unspecified atom stereocenters. The fourth-order valence-corrected chi connectivity index (χ4v) is 24.4. The molecule has 7 aromatic heterocycles. The molecule has 0 amide bonds. The Labute approximate surface area is 825 Å². The Hall–Kier alpha value is -2.09. The van der Waals surface area contributed by atoms with Gasteiger partial charge in [-0.05, 0) is 191 Å². The van der Waals surface area contributed by atoms with E-state index in [9.17, 15) is 0 Å². The van der Waals surface area contributed by atoms with Crippen LogP contribution >= 0.6 is 119 Å². The van der Waals surface area contributed by atoms with Gasteiger partial charge in [0.1, 0.15) is 30.3 Å². The number of aromatic nitrogens is 2. The largest absolute Gasteiger partial charge is 0.389 e. The van der Waals surface area contributed by atoms with Crippen molar-refractivity contribution in [2.45, 2.75) is 543 Å². The van der Waals surface area contributed by atoms with E-state index in [4.69, 9.17) is 44.8 Å². The predicted octanol–water partition coefficient (Wildman–Crippen LogP) is 43.2. The molecule has 7 aromatic rings. The predicted molar refractivity (Wildman–Crippen MR) is 586 cm³/mol. The Balaban J connectivity index is 0.000000419. The number of nitrogens with two attached hydrogens (primary N) is 1. The first-order valence-electron chi connectivity index (χ1n) is 53.4. The van der Waals surface area contributed by atoms with E-state index >= 15 is 0 Å². The van der Waals surface area contributed by atoms with Crippen LogP contribution in [0.3, 0.4) is 0 Å². The highest BCUT2D eigenvalue weighted by atomic mass is 79.9. The highest BCUT2D eigenvalue weighted by Gasteiger charge is 2.17. The molecule has 0 aliphatic heterocycles. The fraction of sp³-hybridized carbons (Fsp3) is 0.750. The molecule has 4 nitrogen and oxygen atoms in total. The number of unbranched alkanes of at least 4 members (excludes halogenated alkanes) is 63. The molecule has 2 N–H and O–H groups in total. The summed E-state index contributed by atoms with van der Waals surface area (Å²) in [6.45, 7) is 16.0. The number of rotatable bonds is 80. The molecule has 7 heterocycles. The zero-order valence-corrected chi connectivity index (χ0v) is 91.1. The van der Waals surface area contributed by atoms with Crippen LogP contribution in [0.2, 0.25) is 4.34 Å². The van der Waals surface area contributed by atoms with Crippen LogP contribution in [0.1, 0.15) is 547 Å². The lowest BCUT2D eigenvalue weighted by molar-refractivity contribution is 0.555. The molecule has 0 radical (unpaired) electrons. The van der Waals surface area contributed by atoms with Crippen molar-refractivity contribution in [3.63, 3.8) is 0 Å². The minimum atomic E-state index is 0.557. The van der Waals surface area contributed by atoms with Crippen molar-refractivity contribution < 1.29 is 0 Å². The minimum Gasteiger partial charge on any atom is -0.389 e. The van der Waals surface area contributed by atoms with Crippen LogP contribution < -0.4 is 5.73 Å². The van der Waals surface area contributed by atoms with E-state index in [0.717, 1.165) is 50.5 Å². The molecule has 0 aliphatic rings. The molecule has 718 valence electrons. The summed E-state index contributed by atoms with van der Waals surface area (Å²) in [5.41, 5.74) is 15.3. The van der Waals surface area contributed by atoms with Gasteiger partial charge in [0.25, 0.3) is 0 Å². The standard InChI is InChI=1S/C31H52ClNS2.C31H53NS2.C17H29NS2.C17H27NS.C16H27BrS/c1-3-5-7-9-11-13-15-17-19-21-23-27-25-26-34-29(27)31-33-28(30(32)35-31)24-22-20-18-16-14-12-10-8-6-4-2;1-3-5-7-9-11-13-15-17-19-21-23-28-25-26-33-30(28)31-32-29(27-34-31)24-22-20-18-16-14-12-10-8-6-4-2;1-2-3-4-5-6-7-8-9-10-11-12-15-13-14-20-16(15)17(18)19;1-2-3-4-5-6-7-8-9-10-11-12-16-13-14-19-17(16)15-18;1-2-3-4-5-6-7-8-9-10-11-12-15-13-14-18-16(15)17/h25-26H,3-24H2,1-2H3;25-27H,3-24H2,1-2H3;13-14H,2-12H2,1H3,(H2,18,19);13-14H,2-12H2,1H3;13-14H,2-12H2,1H3. The van der Waals surface area contributed by atoms with Crippen LogP contribution in [0.4, 0.5) is 0 Å². The average molecular weight is 1960 g/mol. The zero-order chi connectivity index (χ0) is 90.5. The smallest absolute Gasteiger partial charge is 0.135 e. The molecule has 126 heavy (non-hydrogen) atoms. The van der Waals surface area contributed by atoms with Gasteiger partial charge in [0.05, 0.1) is 29.8 Å². The molecule has 0 aromatic carbocycles. The van der Waals surface area contributed by atoms with E-state index in [-0.39, 0.29) is 0 Å². The third-order valence-corrected chi connectivity index (χ3v) is 33.6. The second-order valence-corrected chi connectivity index (χ2v) is 45.5. The number of halogens is 2. The monoisotopic (exact) mass is 1960 g/mol.